The van der Waals surface area contributed by atoms with E-state index in [1.807, 2.05) is 30.6 Å². The van der Waals surface area contributed by atoms with Crippen LogP contribution in [-0.2, 0) is 9.59 Å². The Kier molecular flexibility index (Phi) is 6.06. The molecule has 2 saturated heterocycles. The molecule has 2 fully saturated rings. The Balaban J connectivity index is 1.78. The third-order valence-corrected chi connectivity index (χ3v) is 5.25. The molecule has 0 aromatic carbocycles. The van der Waals surface area contributed by atoms with Gasteiger partial charge in [0.2, 0.25) is 11.8 Å². The lowest BCUT2D eigenvalue weighted by atomic mass is 9.84. The van der Waals surface area contributed by atoms with Crippen molar-refractivity contribution >= 4 is 11.8 Å². The number of rotatable bonds is 3. The molecule has 2 rings (SSSR count). The molecule has 0 saturated carbocycles. The molecule has 5 heteroatoms. The van der Waals surface area contributed by atoms with E-state index in [0.717, 1.165) is 13.1 Å². The summed E-state index contributed by atoms with van der Waals surface area (Å²) in [4.78, 5) is 28.7. The summed E-state index contributed by atoms with van der Waals surface area (Å²) in [6.45, 7) is 12.9. The summed E-state index contributed by atoms with van der Waals surface area (Å²) in [6, 6.07) is 0. The maximum Gasteiger partial charge on any atom is 0.228 e. The van der Waals surface area contributed by atoms with Gasteiger partial charge < -0.3 is 15.1 Å². The normalized spacial score (nSPS) is 22.1. The maximum absolute atomic E-state index is 12.5. The maximum atomic E-state index is 12.5. The monoisotopic (exact) mass is 323 g/mol. The van der Waals surface area contributed by atoms with Crippen molar-refractivity contribution in [1.29, 1.82) is 0 Å². The standard InChI is InChI=1S/C18H33N3O2/c1-14(15-5-7-19-8-6-15)13-16(22)20-9-11-21(12-10-20)17(23)18(2,3)4/h14-15,19H,5-13H2,1-4H3. The van der Waals surface area contributed by atoms with Crippen molar-refractivity contribution in [3.63, 3.8) is 0 Å². The molecule has 1 N–H and O–H groups in total. The van der Waals surface area contributed by atoms with Gasteiger partial charge in [-0.3, -0.25) is 9.59 Å². The number of piperidine rings is 1. The van der Waals surface area contributed by atoms with Crippen LogP contribution in [0.5, 0.6) is 0 Å². The summed E-state index contributed by atoms with van der Waals surface area (Å²) in [7, 11) is 0. The fourth-order valence-electron chi connectivity index (χ4n) is 3.62. The summed E-state index contributed by atoms with van der Waals surface area (Å²) in [5.74, 6) is 1.58. The summed E-state index contributed by atoms with van der Waals surface area (Å²) in [5.41, 5.74) is -0.338. The van der Waals surface area contributed by atoms with Gasteiger partial charge in [-0.2, -0.15) is 0 Å². The number of carbonyl (C=O) groups is 2. The SMILES string of the molecule is CC(CC(=O)N1CCN(C(=O)C(C)(C)C)CC1)C1CCNCC1. The molecule has 2 heterocycles. The van der Waals surface area contributed by atoms with Gasteiger partial charge in [0.1, 0.15) is 0 Å². The molecule has 0 aromatic rings. The lowest BCUT2D eigenvalue weighted by molar-refractivity contribution is -0.145. The third kappa shape index (κ3) is 4.93. The number of hydrogen-bond acceptors (Lipinski definition) is 3. The van der Waals surface area contributed by atoms with Gasteiger partial charge in [0.05, 0.1) is 0 Å². The van der Waals surface area contributed by atoms with Crippen LogP contribution < -0.4 is 5.32 Å². The van der Waals surface area contributed by atoms with Crippen LogP contribution in [-0.4, -0.2) is 60.9 Å². The quantitative estimate of drug-likeness (QED) is 0.860. The average Bonchev–Trinajstić information content (AvgIpc) is 2.54. The lowest BCUT2D eigenvalue weighted by Crippen LogP contribution is -2.53. The first kappa shape index (κ1) is 18.2. The first-order chi connectivity index (χ1) is 10.8. The van der Waals surface area contributed by atoms with E-state index >= 15 is 0 Å². The Morgan fingerprint density at radius 2 is 1.57 bits per heavy atom. The highest BCUT2D eigenvalue weighted by molar-refractivity contribution is 5.82. The molecular formula is C18H33N3O2. The Morgan fingerprint density at radius 3 is 2.09 bits per heavy atom. The Bertz CT molecular complexity index is 416. The van der Waals surface area contributed by atoms with Gasteiger partial charge in [0.15, 0.2) is 0 Å². The highest BCUT2D eigenvalue weighted by Gasteiger charge is 2.31. The van der Waals surface area contributed by atoms with Crippen LogP contribution >= 0.6 is 0 Å². The molecule has 1 atom stereocenters. The molecule has 1 unspecified atom stereocenters. The van der Waals surface area contributed by atoms with Crippen LogP contribution in [0.1, 0.15) is 47.0 Å². The number of nitrogens with one attached hydrogen (secondary N) is 1. The molecule has 2 amide bonds. The zero-order chi connectivity index (χ0) is 17.0. The summed E-state index contributed by atoms with van der Waals surface area (Å²) in [5, 5.41) is 3.38. The molecule has 2 aliphatic heterocycles. The number of amides is 2. The van der Waals surface area contributed by atoms with E-state index in [2.05, 4.69) is 12.2 Å². The molecule has 0 radical (unpaired) electrons. The van der Waals surface area contributed by atoms with Crippen LogP contribution in [0.15, 0.2) is 0 Å². The van der Waals surface area contributed by atoms with Crippen LogP contribution in [0.2, 0.25) is 0 Å². The van der Waals surface area contributed by atoms with Crippen LogP contribution in [0.4, 0.5) is 0 Å². The van der Waals surface area contributed by atoms with Crippen LogP contribution in [0.25, 0.3) is 0 Å². The van der Waals surface area contributed by atoms with Gasteiger partial charge in [-0.1, -0.05) is 27.7 Å². The molecule has 0 bridgehead atoms. The molecule has 5 nitrogen and oxygen atoms in total. The topological polar surface area (TPSA) is 52.7 Å². The Hall–Kier alpha value is -1.10. The Morgan fingerprint density at radius 1 is 1.04 bits per heavy atom. The predicted molar refractivity (Wildman–Crippen MR) is 92.0 cm³/mol. The van der Waals surface area contributed by atoms with Crippen molar-refractivity contribution in [2.45, 2.75) is 47.0 Å². The van der Waals surface area contributed by atoms with Gasteiger partial charge in [-0.05, 0) is 37.8 Å². The van der Waals surface area contributed by atoms with Crippen molar-refractivity contribution < 1.29 is 9.59 Å². The van der Waals surface area contributed by atoms with E-state index < -0.39 is 0 Å². The van der Waals surface area contributed by atoms with Crippen molar-refractivity contribution in [2.75, 3.05) is 39.3 Å². The lowest BCUT2D eigenvalue weighted by Gasteiger charge is -2.38. The van der Waals surface area contributed by atoms with E-state index in [-0.39, 0.29) is 17.2 Å². The highest BCUT2D eigenvalue weighted by atomic mass is 16.2. The summed E-state index contributed by atoms with van der Waals surface area (Å²) < 4.78 is 0. The average molecular weight is 323 g/mol. The van der Waals surface area contributed by atoms with Gasteiger partial charge in [0.25, 0.3) is 0 Å². The first-order valence-electron chi connectivity index (χ1n) is 9.07. The van der Waals surface area contributed by atoms with Crippen molar-refractivity contribution in [1.82, 2.24) is 15.1 Å². The van der Waals surface area contributed by atoms with Crippen LogP contribution in [0.3, 0.4) is 0 Å². The third-order valence-electron chi connectivity index (χ3n) is 5.25. The van der Waals surface area contributed by atoms with Crippen molar-refractivity contribution in [3.05, 3.63) is 0 Å². The number of carbonyl (C=O) groups excluding carboxylic acids is 2. The van der Waals surface area contributed by atoms with Crippen molar-refractivity contribution in [2.24, 2.45) is 17.3 Å². The number of hydrogen-bond donors (Lipinski definition) is 1. The van der Waals surface area contributed by atoms with Gasteiger partial charge in [-0.15, -0.1) is 0 Å². The van der Waals surface area contributed by atoms with Gasteiger partial charge in [0, 0.05) is 38.0 Å². The molecule has 132 valence electrons. The van der Waals surface area contributed by atoms with Crippen LogP contribution in [0, 0.1) is 17.3 Å². The molecule has 0 aromatic heterocycles. The van der Waals surface area contributed by atoms with E-state index in [9.17, 15) is 9.59 Å². The summed E-state index contributed by atoms with van der Waals surface area (Å²) >= 11 is 0. The van der Waals surface area contributed by atoms with E-state index in [1.165, 1.54) is 12.8 Å². The Labute approximate surface area is 140 Å². The smallest absolute Gasteiger partial charge is 0.228 e. The molecule has 23 heavy (non-hydrogen) atoms. The van der Waals surface area contributed by atoms with E-state index in [4.69, 9.17) is 0 Å². The molecule has 0 aliphatic carbocycles. The molecular weight excluding hydrogens is 290 g/mol. The van der Waals surface area contributed by atoms with Gasteiger partial charge >= 0.3 is 0 Å². The minimum absolute atomic E-state index is 0.188. The minimum Gasteiger partial charge on any atom is -0.339 e. The predicted octanol–water partition coefficient (Wildman–Crippen LogP) is 1.73. The molecule has 2 aliphatic rings. The minimum atomic E-state index is -0.338. The second-order valence-electron chi connectivity index (χ2n) is 8.19. The molecule has 0 spiro atoms. The van der Waals surface area contributed by atoms with Gasteiger partial charge in [-0.25, -0.2) is 0 Å². The second kappa shape index (κ2) is 7.65. The highest BCUT2D eigenvalue weighted by Crippen LogP contribution is 2.25. The van der Waals surface area contributed by atoms with E-state index in [1.54, 1.807) is 0 Å². The number of piperazine rings is 1. The van der Waals surface area contributed by atoms with E-state index in [0.29, 0.717) is 44.4 Å². The zero-order valence-electron chi connectivity index (χ0n) is 15.2. The fourth-order valence-corrected chi connectivity index (χ4v) is 3.62. The fraction of sp³-hybridized carbons (Fsp3) is 0.889. The second-order valence-corrected chi connectivity index (χ2v) is 8.19. The summed E-state index contributed by atoms with van der Waals surface area (Å²) in [6.07, 6.45) is 3.02. The number of nitrogens with zero attached hydrogens (tertiary/aromatic N) is 2. The first-order valence-corrected chi connectivity index (χ1v) is 9.07. The largest absolute Gasteiger partial charge is 0.339 e. The van der Waals surface area contributed by atoms with Crippen molar-refractivity contribution in [3.8, 4) is 0 Å². The zero-order valence-corrected chi connectivity index (χ0v) is 15.2.